The van der Waals surface area contributed by atoms with E-state index in [0.717, 1.165) is 51.9 Å². The summed E-state index contributed by atoms with van der Waals surface area (Å²) in [6, 6.07) is 6.96. The van der Waals surface area contributed by atoms with Gasteiger partial charge < -0.3 is 24.8 Å². The number of amides is 2. The molecule has 2 aromatic carbocycles. The molecule has 2 aliphatic rings. The van der Waals surface area contributed by atoms with Gasteiger partial charge in [0.05, 0.1) is 42.2 Å². The lowest BCUT2D eigenvalue weighted by Gasteiger charge is -2.23. The minimum absolute atomic E-state index is 0.0594. The molecule has 0 spiro atoms. The van der Waals surface area contributed by atoms with Gasteiger partial charge >= 0.3 is 0 Å². The number of hydrogen-bond donors (Lipinski definition) is 4. The van der Waals surface area contributed by atoms with Crippen molar-refractivity contribution < 1.29 is 40.6 Å². The van der Waals surface area contributed by atoms with E-state index in [0.29, 0.717) is 24.9 Å². The number of nitrogens with one attached hydrogen (secondary N) is 2. The third-order valence-electron chi connectivity index (χ3n) is 8.53. The van der Waals surface area contributed by atoms with Crippen LogP contribution in [0.4, 0.5) is 0 Å². The third kappa shape index (κ3) is 10.6. The summed E-state index contributed by atoms with van der Waals surface area (Å²) in [4.78, 5) is 29.3. The van der Waals surface area contributed by atoms with Crippen LogP contribution in [0, 0.1) is 0 Å². The molecule has 1 unspecified atom stereocenters. The number of carbonyl (C=O) groups is 2. The average molecular weight is 725 g/mol. The Labute approximate surface area is 289 Å². The normalized spacial score (nSPS) is 18.2. The Morgan fingerprint density at radius 2 is 1.35 bits per heavy atom. The first-order chi connectivity index (χ1) is 23.2. The number of carbonyl (C=O) groups excluding carboxylic acids is 2. The summed E-state index contributed by atoms with van der Waals surface area (Å²) >= 11 is 0. The van der Waals surface area contributed by atoms with Crippen molar-refractivity contribution in [3.8, 4) is 17.2 Å². The first kappa shape index (κ1) is 39.7. The topological polar surface area (TPSA) is 213 Å². The highest BCUT2D eigenvalue weighted by Crippen LogP contribution is 2.34. The van der Waals surface area contributed by atoms with Gasteiger partial charge in [0.25, 0.3) is 11.8 Å². The van der Waals surface area contributed by atoms with E-state index in [1.54, 1.807) is 0 Å². The van der Waals surface area contributed by atoms with Gasteiger partial charge in [-0.1, -0.05) is 13.0 Å². The molecule has 272 valence electrons. The fourth-order valence-electron chi connectivity index (χ4n) is 6.00. The zero-order chi connectivity index (χ0) is 36.4. The molecule has 2 amide bonds. The number of likely N-dealkylation sites (N-methyl/N-ethyl adjacent to an activating group) is 1. The molecule has 2 heterocycles. The monoisotopic (exact) mass is 724 g/mol. The van der Waals surface area contributed by atoms with E-state index in [4.69, 9.17) is 24.5 Å². The van der Waals surface area contributed by atoms with Crippen molar-refractivity contribution in [3.63, 3.8) is 0 Å². The molecule has 0 aliphatic carbocycles. The predicted octanol–water partition coefficient (Wildman–Crippen LogP) is 1.29. The van der Waals surface area contributed by atoms with Crippen LogP contribution in [0.3, 0.4) is 0 Å². The minimum atomic E-state index is -4.00. The molecule has 15 nitrogen and oxygen atoms in total. The number of benzene rings is 2. The second-order valence-corrected chi connectivity index (χ2v) is 14.7. The van der Waals surface area contributed by atoms with Crippen LogP contribution in [0.2, 0.25) is 0 Å². The molecule has 0 aromatic heterocycles. The van der Waals surface area contributed by atoms with Gasteiger partial charge in [0.15, 0.2) is 11.5 Å². The van der Waals surface area contributed by atoms with Crippen LogP contribution >= 0.6 is 0 Å². The van der Waals surface area contributed by atoms with Gasteiger partial charge in [-0.2, -0.15) is 0 Å². The van der Waals surface area contributed by atoms with Crippen molar-refractivity contribution in [3.05, 3.63) is 54.1 Å². The Hall–Kier alpha value is -3.74. The molecule has 2 aliphatic heterocycles. The van der Waals surface area contributed by atoms with Gasteiger partial charge in [-0.25, -0.2) is 27.1 Å². The molecular formula is C32H48N6O9S2. The second-order valence-electron chi connectivity index (χ2n) is 11.6. The fourth-order valence-corrected chi connectivity index (χ4v) is 7.09. The van der Waals surface area contributed by atoms with E-state index >= 15 is 0 Å². The van der Waals surface area contributed by atoms with Gasteiger partial charge in [0, 0.05) is 37.8 Å². The van der Waals surface area contributed by atoms with Crippen LogP contribution in [0.25, 0.3) is 0 Å². The lowest BCUT2D eigenvalue weighted by Crippen LogP contribution is -2.40. The summed E-state index contributed by atoms with van der Waals surface area (Å²) < 4.78 is 61.8. The van der Waals surface area contributed by atoms with E-state index in [9.17, 15) is 26.4 Å². The number of nitrogens with zero attached hydrogens (tertiary/aromatic N) is 2. The third-order valence-corrected chi connectivity index (χ3v) is 10.3. The average Bonchev–Trinajstić information content (AvgIpc) is 3.73. The molecule has 0 saturated carbocycles. The van der Waals surface area contributed by atoms with Crippen molar-refractivity contribution in [2.24, 2.45) is 10.3 Å². The second kappa shape index (κ2) is 17.8. The van der Waals surface area contributed by atoms with Crippen LogP contribution in [-0.2, 0) is 20.0 Å². The maximum absolute atomic E-state index is 12.7. The van der Waals surface area contributed by atoms with Gasteiger partial charge in [-0.05, 0) is 69.6 Å². The summed E-state index contributed by atoms with van der Waals surface area (Å²) in [5, 5.41) is 16.0. The van der Waals surface area contributed by atoms with Gasteiger partial charge in [0.2, 0.25) is 20.0 Å². The number of methoxy groups -OCH3 is 3. The van der Waals surface area contributed by atoms with E-state index in [2.05, 4.69) is 33.9 Å². The van der Waals surface area contributed by atoms with Gasteiger partial charge in [-0.3, -0.25) is 19.4 Å². The standard InChI is InChI=1S/C17H25N3O5S.C15H23N3O4S/c1-4-7-20-8-5-6-12(20)11-19-17(21)14-9-13(26(18,22)23)10-15(24-2)16(14)25-3;1-3-18-8-4-5-11(18)10-17-15(19)13-9-12(23(16,20)21)6-7-14(13)22-2/h4,9-10,12H,1,5-8,11H2,2-3H3,(H,19,21)(H2,18,22,23);6-7,9,11H,3-5,8,10H2,1-2H3,(H,17,19)(H2,16,20,21)/t;11-/m.0/s1. The van der Waals surface area contributed by atoms with Crippen LogP contribution in [0.15, 0.2) is 52.8 Å². The molecule has 17 heteroatoms. The van der Waals surface area contributed by atoms with Crippen molar-refractivity contribution in [1.82, 2.24) is 20.4 Å². The van der Waals surface area contributed by atoms with Crippen molar-refractivity contribution in [2.75, 3.05) is 60.6 Å². The zero-order valence-corrected chi connectivity index (χ0v) is 30.1. The number of rotatable bonds is 14. The maximum Gasteiger partial charge on any atom is 0.255 e. The van der Waals surface area contributed by atoms with E-state index < -0.39 is 26.0 Å². The highest BCUT2D eigenvalue weighted by molar-refractivity contribution is 7.89. The molecular weight excluding hydrogens is 677 g/mol. The predicted molar refractivity (Wildman–Crippen MR) is 185 cm³/mol. The smallest absolute Gasteiger partial charge is 0.255 e. The molecule has 2 atom stereocenters. The lowest BCUT2D eigenvalue weighted by atomic mass is 10.1. The quantitative estimate of drug-likeness (QED) is 0.204. The number of ether oxygens (including phenoxy) is 3. The Kier molecular flexibility index (Phi) is 14.4. The van der Waals surface area contributed by atoms with Crippen molar-refractivity contribution in [1.29, 1.82) is 0 Å². The highest BCUT2D eigenvalue weighted by Gasteiger charge is 2.27. The first-order valence-corrected chi connectivity index (χ1v) is 18.9. The summed E-state index contributed by atoms with van der Waals surface area (Å²) in [6.07, 6.45) is 6.04. The van der Waals surface area contributed by atoms with Crippen LogP contribution in [-0.4, -0.2) is 111 Å². The molecule has 2 fully saturated rings. The van der Waals surface area contributed by atoms with Gasteiger partial charge in [0.1, 0.15) is 5.75 Å². The summed E-state index contributed by atoms with van der Waals surface area (Å²) in [7, 11) is -3.70. The van der Waals surface area contributed by atoms with Crippen LogP contribution in [0.1, 0.15) is 53.3 Å². The number of hydrogen-bond acceptors (Lipinski definition) is 11. The Morgan fingerprint density at radius 3 is 1.86 bits per heavy atom. The highest BCUT2D eigenvalue weighted by atomic mass is 32.2. The van der Waals surface area contributed by atoms with E-state index in [1.807, 2.05) is 6.08 Å². The number of nitrogens with two attached hydrogens (primary N) is 2. The van der Waals surface area contributed by atoms with Crippen LogP contribution in [0.5, 0.6) is 17.2 Å². The summed E-state index contributed by atoms with van der Waals surface area (Å²) in [5.74, 6) is -0.217. The molecule has 2 saturated heterocycles. The Bertz CT molecular complexity index is 1700. The number of likely N-dealkylation sites (tertiary alicyclic amines) is 2. The summed E-state index contributed by atoms with van der Waals surface area (Å²) in [6.45, 7) is 10.5. The first-order valence-electron chi connectivity index (χ1n) is 15.8. The molecule has 4 rings (SSSR count). The zero-order valence-electron chi connectivity index (χ0n) is 28.4. The Morgan fingerprint density at radius 1 is 0.816 bits per heavy atom. The maximum atomic E-state index is 12.7. The largest absolute Gasteiger partial charge is 0.496 e. The SMILES string of the molecule is C=CCN1CCCC1CNC(=O)c1cc(S(N)(=O)=O)cc(OC)c1OC.CCN1CCC[C@H]1CNC(=O)c1cc(S(N)(=O)=O)ccc1OC. The van der Waals surface area contributed by atoms with Crippen LogP contribution < -0.4 is 35.1 Å². The van der Waals surface area contributed by atoms with E-state index in [1.165, 1.54) is 51.7 Å². The molecule has 0 bridgehead atoms. The number of sulfonamides is 2. The molecule has 2 aromatic rings. The molecule has 6 N–H and O–H groups in total. The molecule has 0 radical (unpaired) electrons. The minimum Gasteiger partial charge on any atom is -0.496 e. The van der Waals surface area contributed by atoms with Crippen molar-refractivity contribution >= 4 is 31.9 Å². The lowest BCUT2D eigenvalue weighted by molar-refractivity contribution is 0.0930. The summed E-state index contributed by atoms with van der Waals surface area (Å²) in [5.41, 5.74) is 0.226. The van der Waals surface area contributed by atoms with E-state index in [-0.39, 0.29) is 44.4 Å². The number of primary sulfonamides is 2. The molecule has 49 heavy (non-hydrogen) atoms. The van der Waals surface area contributed by atoms with Gasteiger partial charge in [-0.15, -0.1) is 6.58 Å². The van der Waals surface area contributed by atoms with Crippen molar-refractivity contribution in [2.45, 2.75) is 54.5 Å². The fraction of sp³-hybridized carbons (Fsp3) is 0.500. The Balaban J connectivity index is 0.000000267.